The summed E-state index contributed by atoms with van der Waals surface area (Å²) in [4.78, 5) is 0. The molecule has 2 nitrogen and oxygen atoms in total. The van der Waals surface area contributed by atoms with Gasteiger partial charge in [0, 0.05) is 19.0 Å². The van der Waals surface area contributed by atoms with E-state index >= 15 is 0 Å². The van der Waals surface area contributed by atoms with Gasteiger partial charge in [0.2, 0.25) is 0 Å². The predicted octanol–water partition coefficient (Wildman–Crippen LogP) is 3.15. The Bertz CT molecular complexity index is 525. The lowest BCUT2D eigenvalue weighted by Gasteiger charge is -2.00. The van der Waals surface area contributed by atoms with Crippen molar-refractivity contribution >= 4 is 49.7 Å². The van der Waals surface area contributed by atoms with Crippen molar-refractivity contribution in [3.8, 4) is 6.07 Å². The highest BCUT2D eigenvalue weighted by atomic mass is 127. The second kappa shape index (κ2) is 3.75. The molecule has 0 aliphatic carbocycles. The molecule has 0 bridgehead atoms. The van der Waals surface area contributed by atoms with Crippen LogP contribution < -0.4 is 5.73 Å². The number of hydrogen-bond acceptors (Lipinski definition) is 3. The smallest absolute Gasteiger partial charge is 0.0670 e. The molecule has 0 atom stereocenters. The number of fused-ring (bicyclic) bond motifs is 1. The van der Waals surface area contributed by atoms with Crippen LogP contribution in [0.3, 0.4) is 0 Å². The number of rotatable bonds is 1. The Hall–Kier alpha value is -0.800. The molecule has 0 saturated heterocycles. The highest BCUT2D eigenvalue weighted by Crippen LogP contribution is 2.34. The molecule has 0 radical (unpaired) electrons. The summed E-state index contributed by atoms with van der Waals surface area (Å²) in [6, 6.07) is 6.18. The van der Waals surface area contributed by atoms with Crippen LogP contribution in [-0.4, -0.2) is 0 Å². The number of halogens is 1. The third-order valence-corrected chi connectivity index (χ3v) is 4.02. The van der Waals surface area contributed by atoms with Crippen LogP contribution in [-0.2, 0) is 6.42 Å². The average molecular weight is 314 g/mol. The lowest BCUT2D eigenvalue weighted by atomic mass is 10.1. The zero-order valence-electron chi connectivity index (χ0n) is 7.25. The number of nitrogens with two attached hydrogens (primary N) is 1. The van der Waals surface area contributed by atoms with Crippen LogP contribution in [0.2, 0.25) is 0 Å². The average Bonchev–Trinajstić information content (AvgIpc) is 2.54. The first-order chi connectivity index (χ1) is 6.74. The molecule has 1 heterocycles. The number of nitriles is 1. The second-order valence-electron chi connectivity index (χ2n) is 2.94. The summed E-state index contributed by atoms with van der Waals surface area (Å²) >= 11 is 3.88. The zero-order chi connectivity index (χ0) is 10.1. The van der Waals surface area contributed by atoms with E-state index in [1.807, 2.05) is 17.5 Å². The molecule has 0 spiro atoms. The maximum atomic E-state index is 8.68. The molecule has 0 aliphatic rings. The zero-order valence-corrected chi connectivity index (χ0v) is 10.2. The summed E-state index contributed by atoms with van der Waals surface area (Å²) < 4.78 is 2.30. The monoisotopic (exact) mass is 314 g/mol. The van der Waals surface area contributed by atoms with Crippen molar-refractivity contribution < 1.29 is 0 Å². The highest BCUT2D eigenvalue weighted by molar-refractivity contribution is 14.1. The Kier molecular flexibility index (Phi) is 2.61. The molecule has 0 saturated carbocycles. The van der Waals surface area contributed by atoms with E-state index in [9.17, 15) is 0 Å². The third-order valence-electron chi connectivity index (χ3n) is 2.05. The van der Waals surface area contributed by atoms with Crippen LogP contribution in [0.4, 0.5) is 5.69 Å². The van der Waals surface area contributed by atoms with Gasteiger partial charge in [-0.1, -0.05) is 6.07 Å². The van der Waals surface area contributed by atoms with Crippen molar-refractivity contribution in [1.29, 1.82) is 5.26 Å². The fourth-order valence-corrected chi connectivity index (χ4v) is 3.35. The standard InChI is InChI=1S/C10H7IN2S/c11-7-2-1-6(3-4-12)10-9(7)8(13)5-14-10/h1-2,5H,3,13H2. The van der Waals surface area contributed by atoms with Gasteiger partial charge >= 0.3 is 0 Å². The van der Waals surface area contributed by atoms with Crippen LogP contribution in [0.25, 0.3) is 10.1 Å². The van der Waals surface area contributed by atoms with E-state index in [0.29, 0.717) is 6.42 Å². The van der Waals surface area contributed by atoms with Crippen LogP contribution in [0, 0.1) is 14.9 Å². The summed E-state index contributed by atoms with van der Waals surface area (Å²) in [5.74, 6) is 0. The largest absolute Gasteiger partial charge is 0.398 e. The van der Waals surface area contributed by atoms with E-state index in [1.54, 1.807) is 11.3 Å². The first-order valence-corrected chi connectivity index (χ1v) is 6.01. The molecule has 2 aromatic rings. The van der Waals surface area contributed by atoms with Gasteiger partial charge < -0.3 is 5.73 Å². The van der Waals surface area contributed by atoms with Crippen LogP contribution >= 0.6 is 33.9 Å². The van der Waals surface area contributed by atoms with Crippen molar-refractivity contribution in [1.82, 2.24) is 0 Å². The maximum absolute atomic E-state index is 8.68. The van der Waals surface area contributed by atoms with Gasteiger partial charge in [-0.05, 0) is 34.2 Å². The summed E-state index contributed by atoms with van der Waals surface area (Å²) in [6.07, 6.45) is 0.452. The van der Waals surface area contributed by atoms with Crippen molar-refractivity contribution in [2.75, 3.05) is 5.73 Å². The van der Waals surface area contributed by atoms with Gasteiger partial charge in [-0.15, -0.1) is 11.3 Å². The lowest BCUT2D eigenvalue weighted by Crippen LogP contribution is -1.87. The van der Waals surface area contributed by atoms with Crippen LogP contribution in [0.15, 0.2) is 17.5 Å². The fraction of sp³-hybridized carbons (Fsp3) is 0.100. The second-order valence-corrected chi connectivity index (χ2v) is 4.98. The van der Waals surface area contributed by atoms with Gasteiger partial charge in [0.25, 0.3) is 0 Å². The molecular formula is C10H7IN2S. The molecule has 4 heteroatoms. The minimum Gasteiger partial charge on any atom is -0.398 e. The van der Waals surface area contributed by atoms with E-state index in [0.717, 1.165) is 24.9 Å². The molecule has 70 valence electrons. The number of nitrogen functional groups attached to an aromatic ring is 1. The molecule has 0 aliphatic heterocycles. The molecule has 1 aromatic carbocycles. The summed E-state index contributed by atoms with van der Waals surface area (Å²) in [5.41, 5.74) is 7.75. The lowest BCUT2D eigenvalue weighted by molar-refractivity contribution is 1.29. The number of hydrogen-bond donors (Lipinski definition) is 1. The van der Waals surface area contributed by atoms with Crippen LogP contribution in [0.1, 0.15) is 5.56 Å². The summed E-state index contributed by atoms with van der Waals surface area (Å²) in [7, 11) is 0. The highest BCUT2D eigenvalue weighted by Gasteiger charge is 2.08. The molecule has 0 fully saturated rings. The van der Waals surface area contributed by atoms with Gasteiger partial charge in [-0.3, -0.25) is 0 Å². The minimum absolute atomic E-state index is 0.452. The quantitative estimate of drug-likeness (QED) is 0.822. The Labute approximate surface area is 99.5 Å². The molecule has 14 heavy (non-hydrogen) atoms. The topological polar surface area (TPSA) is 49.8 Å². The maximum Gasteiger partial charge on any atom is 0.0670 e. The van der Waals surface area contributed by atoms with Crippen molar-refractivity contribution in [2.24, 2.45) is 0 Å². The van der Waals surface area contributed by atoms with E-state index in [2.05, 4.69) is 28.7 Å². The number of anilines is 1. The summed E-state index contributed by atoms with van der Waals surface area (Å²) in [5, 5.41) is 11.7. The first-order valence-electron chi connectivity index (χ1n) is 4.05. The Morgan fingerprint density at radius 2 is 2.29 bits per heavy atom. The van der Waals surface area contributed by atoms with Gasteiger partial charge in [-0.2, -0.15) is 5.26 Å². The fourth-order valence-electron chi connectivity index (χ4n) is 1.41. The van der Waals surface area contributed by atoms with Gasteiger partial charge in [0.05, 0.1) is 18.2 Å². The summed E-state index contributed by atoms with van der Waals surface area (Å²) in [6.45, 7) is 0. The van der Waals surface area contributed by atoms with E-state index in [-0.39, 0.29) is 0 Å². The molecular weight excluding hydrogens is 307 g/mol. The van der Waals surface area contributed by atoms with E-state index < -0.39 is 0 Å². The number of nitrogens with zero attached hydrogens (tertiary/aromatic N) is 1. The number of benzene rings is 1. The van der Waals surface area contributed by atoms with Crippen molar-refractivity contribution in [3.05, 3.63) is 26.6 Å². The first kappa shape index (κ1) is 9.74. The van der Waals surface area contributed by atoms with Crippen molar-refractivity contribution in [3.63, 3.8) is 0 Å². The van der Waals surface area contributed by atoms with E-state index in [4.69, 9.17) is 11.0 Å². The molecule has 2 N–H and O–H groups in total. The molecule has 1 aromatic heterocycles. The minimum atomic E-state index is 0.452. The van der Waals surface area contributed by atoms with Crippen molar-refractivity contribution in [2.45, 2.75) is 6.42 Å². The third kappa shape index (κ3) is 1.47. The predicted molar refractivity (Wildman–Crippen MR) is 68.3 cm³/mol. The molecule has 0 amide bonds. The van der Waals surface area contributed by atoms with Gasteiger partial charge in [0.15, 0.2) is 0 Å². The molecule has 2 rings (SSSR count). The van der Waals surface area contributed by atoms with Crippen LogP contribution in [0.5, 0.6) is 0 Å². The van der Waals surface area contributed by atoms with Gasteiger partial charge in [-0.25, -0.2) is 0 Å². The Balaban J connectivity index is 2.78. The SMILES string of the molecule is N#CCc1ccc(I)c2c(N)csc12. The Morgan fingerprint density at radius 1 is 1.50 bits per heavy atom. The number of thiophene rings is 1. The van der Waals surface area contributed by atoms with Gasteiger partial charge in [0.1, 0.15) is 0 Å². The van der Waals surface area contributed by atoms with E-state index in [1.165, 1.54) is 0 Å². The molecule has 0 unspecified atom stereocenters. The Morgan fingerprint density at radius 3 is 3.00 bits per heavy atom. The normalized spacial score (nSPS) is 10.3.